The molecule has 0 spiro atoms. The van der Waals surface area contributed by atoms with Crippen LogP contribution >= 0.6 is 0 Å². The number of carbonyl (C=O) groups excluding carboxylic acids is 1. The zero-order chi connectivity index (χ0) is 11.1. The van der Waals surface area contributed by atoms with Crippen molar-refractivity contribution in [3.8, 4) is 12.1 Å². The van der Waals surface area contributed by atoms with Crippen LogP contribution in [0.15, 0.2) is 0 Å². The van der Waals surface area contributed by atoms with Crippen LogP contribution in [-0.4, -0.2) is 37.0 Å². The van der Waals surface area contributed by atoms with Gasteiger partial charge in [0, 0.05) is 5.92 Å². The van der Waals surface area contributed by atoms with Gasteiger partial charge in [-0.05, 0) is 25.9 Å². The first-order valence-corrected chi connectivity index (χ1v) is 5.03. The van der Waals surface area contributed by atoms with Gasteiger partial charge in [0.05, 0.1) is 12.1 Å². The third-order valence-electron chi connectivity index (χ3n) is 2.52. The first kappa shape index (κ1) is 11.5. The van der Waals surface area contributed by atoms with Crippen LogP contribution in [0, 0.1) is 28.6 Å². The average molecular weight is 206 g/mol. The van der Waals surface area contributed by atoms with Crippen molar-refractivity contribution in [2.45, 2.75) is 12.8 Å². The highest BCUT2D eigenvalue weighted by atomic mass is 16.2. The van der Waals surface area contributed by atoms with E-state index in [0.29, 0.717) is 0 Å². The van der Waals surface area contributed by atoms with Crippen molar-refractivity contribution in [3.05, 3.63) is 0 Å². The van der Waals surface area contributed by atoms with Gasteiger partial charge in [-0.15, -0.1) is 0 Å². The lowest BCUT2D eigenvalue weighted by atomic mass is 9.96. The minimum Gasteiger partial charge on any atom is -0.317 e. The summed E-state index contributed by atoms with van der Waals surface area (Å²) >= 11 is 0. The second-order valence-corrected chi connectivity index (χ2v) is 3.53. The third-order valence-corrected chi connectivity index (χ3v) is 2.52. The van der Waals surface area contributed by atoms with Crippen LogP contribution in [0.1, 0.15) is 12.8 Å². The summed E-state index contributed by atoms with van der Waals surface area (Å²) in [5.41, 5.74) is 0. The molecule has 5 nitrogen and oxygen atoms in total. The van der Waals surface area contributed by atoms with E-state index in [9.17, 15) is 4.79 Å². The van der Waals surface area contributed by atoms with Crippen molar-refractivity contribution in [2.24, 2.45) is 5.92 Å². The number of hydrogen-bond donors (Lipinski definition) is 1. The molecule has 0 saturated carbocycles. The molecule has 0 aromatic carbocycles. The molecular formula is C10H14N4O. The van der Waals surface area contributed by atoms with Gasteiger partial charge in [0.25, 0.3) is 0 Å². The second-order valence-electron chi connectivity index (χ2n) is 3.53. The molecule has 1 amide bonds. The molecule has 1 heterocycles. The molecule has 1 saturated heterocycles. The highest BCUT2D eigenvalue weighted by Gasteiger charge is 2.25. The van der Waals surface area contributed by atoms with E-state index in [1.54, 1.807) is 0 Å². The van der Waals surface area contributed by atoms with Gasteiger partial charge in [0.2, 0.25) is 5.91 Å². The van der Waals surface area contributed by atoms with E-state index >= 15 is 0 Å². The summed E-state index contributed by atoms with van der Waals surface area (Å²) in [6.45, 7) is 1.69. The summed E-state index contributed by atoms with van der Waals surface area (Å²) in [6.07, 6.45) is 1.60. The van der Waals surface area contributed by atoms with Gasteiger partial charge in [-0.3, -0.25) is 4.79 Å². The summed E-state index contributed by atoms with van der Waals surface area (Å²) in [5, 5.41) is 20.3. The molecule has 80 valence electrons. The molecule has 0 bridgehead atoms. The van der Waals surface area contributed by atoms with Crippen molar-refractivity contribution >= 4 is 5.91 Å². The van der Waals surface area contributed by atoms with Gasteiger partial charge in [-0.25, -0.2) is 0 Å². The van der Waals surface area contributed by atoms with Gasteiger partial charge >= 0.3 is 0 Å². The Morgan fingerprint density at radius 1 is 1.27 bits per heavy atom. The fourth-order valence-electron chi connectivity index (χ4n) is 1.71. The molecule has 1 rings (SSSR count). The molecule has 1 N–H and O–H groups in total. The predicted octanol–water partition coefficient (Wildman–Crippen LogP) is -0.138. The monoisotopic (exact) mass is 206 g/mol. The van der Waals surface area contributed by atoms with E-state index in [2.05, 4.69) is 5.32 Å². The van der Waals surface area contributed by atoms with Crippen LogP contribution in [0.4, 0.5) is 0 Å². The largest absolute Gasteiger partial charge is 0.317 e. The quantitative estimate of drug-likeness (QED) is 0.652. The summed E-state index contributed by atoms with van der Waals surface area (Å²) in [5.74, 6) is -0.0763. The Kier molecular flexibility index (Phi) is 4.59. The number of rotatable bonds is 3. The highest BCUT2D eigenvalue weighted by Crippen LogP contribution is 2.14. The predicted molar refractivity (Wildman–Crippen MR) is 53.4 cm³/mol. The lowest BCUT2D eigenvalue weighted by Crippen LogP contribution is -2.41. The Balaban J connectivity index is 2.54. The molecule has 1 fully saturated rings. The first-order chi connectivity index (χ1) is 7.29. The number of nitriles is 2. The van der Waals surface area contributed by atoms with Crippen molar-refractivity contribution < 1.29 is 4.79 Å². The molecule has 1 aliphatic rings. The van der Waals surface area contributed by atoms with Gasteiger partial charge in [0.15, 0.2) is 0 Å². The van der Waals surface area contributed by atoms with Crippen molar-refractivity contribution in [1.29, 1.82) is 10.5 Å². The first-order valence-electron chi connectivity index (χ1n) is 5.03. The van der Waals surface area contributed by atoms with Crippen molar-refractivity contribution in [2.75, 3.05) is 26.2 Å². The van der Waals surface area contributed by atoms with E-state index in [-0.39, 0.29) is 24.9 Å². The van der Waals surface area contributed by atoms with E-state index in [1.165, 1.54) is 4.90 Å². The lowest BCUT2D eigenvalue weighted by Gasteiger charge is -2.26. The Labute approximate surface area is 89.3 Å². The van der Waals surface area contributed by atoms with E-state index in [0.717, 1.165) is 25.9 Å². The molecule has 0 aromatic heterocycles. The maximum atomic E-state index is 11.9. The molecule has 0 aromatic rings. The average Bonchev–Trinajstić information content (AvgIpc) is 2.29. The van der Waals surface area contributed by atoms with Crippen LogP contribution in [0.25, 0.3) is 0 Å². The second kappa shape index (κ2) is 6.00. The molecular weight excluding hydrogens is 192 g/mol. The Morgan fingerprint density at radius 3 is 2.27 bits per heavy atom. The molecule has 5 heteroatoms. The molecule has 0 unspecified atom stereocenters. The maximum Gasteiger partial charge on any atom is 0.227 e. The Morgan fingerprint density at radius 2 is 1.80 bits per heavy atom. The fraction of sp³-hybridized carbons (Fsp3) is 0.700. The molecule has 0 atom stereocenters. The van der Waals surface area contributed by atoms with Crippen LogP contribution < -0.4 is 5.32 Å². The zero-order valence-electron chi connectivity index (χ0n) is 8.57. The Bertz CT molecular complexity index is 280. The van der Waals surface area contributed by atoms with Crippen LogP contribution in [-0.2, 0) is 4.79 Å². The summed E-state index contributed by atoms with van der Waals surface area (Å²) in [7, 11) is 0. The highest BCUT2D eigenvalue weighted by molar-refractivity contribution is 5.79. The van der Waals surface area contributed by atoms with Crippen molar-refractivity contribution in [3.63, 3.8) is 0 Å². The number of piperidine rings is 1. The molecule has 0 aliphatic carbocycles. The summed E-state index contributed by atoms with van der Waals surface area (Å²) in [6, 6.07) is 3.82. The normalized spacial score (nSPS) is 16.4. The van der Waals surface area contributed by atoms with Gasteiger partial charge in [0.1, 0.15) is 13.1 Å². The number of amides is 1. The minimum atomic E-state index is -0.0559. The van der Waals surface area contributed by atoms with Crippen molar-refractivity contribution in [1.82, 2.24) is 10.2 Å². The third kappa shape index (κ3) is 3.23. The van der Waals surface area contributed by atoms with Crippen LogP contribution in [0.2, 0.25) is 0 Å². The van der Waals surface area contributed by atoms with Crippen LogP contribution in [0.5, 0.6) is 0 Å². The topological polar surface area (TPSA) is 79.9 Å². The molecule has 15 heavy (non-hydrogen) atoms. The lowest BCUT2D eigenvalue weighted by molar-refractivity contribution is -0.135. The van der Waals surface area contributed by atoms with E-state index in [1.807, 2.05) is 12.1 Å². The van der Waals surface area contributed by atoms with E-state index < -0.39 is 0 Å². The van der Waals surface area contributed by atoms with Crippen LogP contribution in [0.3, 0.4) is 0 Å². The summed E-state index contributed by atoms with van der Waals surface area (Å²) < 4.78 is 0. The number of carbonyl (C=O) groups is 1. The number of hydrogen-bond acceptors (Lipinski definition) is 4. The summed E-state index contributed by atoms with van der Waals surface area (Å²) in [4.78, 5) is 13.2. The van der Waals surface area contributed by atoms with Gasteiger partial charge < -0.3 is 10.2 Å². The zero-order valence-corrected chi connectivity index (χ0v) is 8.57. The number of nitrogens with one attached hydrogen (secondary N) is 1. The molecule has 0 radical (unpaired) electrons. The minimum absolute atomic E-state index is 0.0102. The smallest absolute Gasteiger partial charge is 0.227 e. The fourth-order valence-corrected chi connectivity index (χ4v) is 1.71. The van der Waals surface area contributed by atoms with E-state index in [4.69, 9.17) is 10.5 Å². The Hall–Kier alpha value is -1.59. The standard InChI is InChI=1S/C10H14N4O/c11-3-7-14(8-4-12)10(15)9-1-5-13-6-2-9/h9,13H,1-2,5-8H2. The molecule has 1 aliphatic heterocycles. The van der Waals surface area contributed by atoms with Gasteiger partial charge in [-0.2, -0.15) is 10.5 Å². The number of nitrogens with zero attached hydrogens (tertiary/aromatic N) is 3. The SMILES string of the molecule is N#CCN(CC#N)C(=O)C1CCNCC1. The van der Waals surface area contributed by atoms with Gasteiger partial charge in [-0.1, -0.05) is 0 Å². The maximum absolute atomic E-state index is 11.9.